The number of hydrogen-bond donors (Lipinski definition) is 1. The number of rotatable bonds is 4. The van der Waals surface area contributed by atoms with Crippen LogP contribution in [0.3, 0.4) is 0 Å². The van der Waals surface area contributed by atoms with Gasteiger partial charge in [-0.15, -0.1) is 0 Å². The molecule has 1 N–H and O–H groups in total. The van der Waals surface area contributed by atoms with Gasteiger partial charge in [-0.3, -0.25) is 0 Å². The summed E-state index contributed by atoms with van der Waals surface area (Å²) in [5.41, 5.74) is 1.70. The third kappa shape index (κ3) is 4.24. The van der Waals surface area contributed by atoms with Gasteiger partial charge in [0.05, 0.1) is 6.61 Å². The summed E-state index contributed by atoms with van der Waals surface area (Å²) in [6.45, 7) is 2.97. The van der Waals surface area contributed by atoms with Gasteiger partial charge in [0.2, 0.25) is 0 Å². The number of likely N-dealkylation sites (N-methyl/N-ethyl adjacent to an activating group) is 1. The van der Waals surface area contributed by atoms with Gasteiger partial charge in [-0.25, -0.2) is 4.79 Å². The molecule has 94 valence electrons. The molecular formula is C12H17ClN2O2. The van der Waals surface area contributed by atoms with Crippen molar-refractivity contribution < 1.29 is 9.53 Å². The highest BCUT2D eigenvalue weighted by atomic mass is 35.5. The van der Waals surface area contributed by atoms with Gasteiger partial charge in [0.1, 0.15) is 0 Å². The number of anilines is 1. The Labute approximate surface area is 107 Å². The molecule has 5 heteroatoms. The van der Waals surface area contributed by atoms with E-state index < -0.39 is 0 Å². The molecule has 4 nitrogen and oxygen atoms in total. The number of aryl methyl sites for hydroxylation is 1. The zero-order valence-corrected chi connectivity index (χ0v) is 11.0. The number of nitrogens with one attached hydrogen (secondary N) is 1. The molecule has 0 saturated carbocycles. The number of carbonyl (C=O) groups excluding carboxylic acids is 1. The first kappa shape index (κ1) is 13.8. The molecule has 1 aromatic carbocycles. The number of amides is 2. The Morgan fingerprint density at radius 3 is 2.88 bits per heavy atom. The smallest absolute Gasteiger partial charge is 0.321 e. The SMILES string of the molecule is COCCN(C)C(=O)Nc1cc(Cl)ccc1C. The van der Waals surface area contributed by atoms with Gasteiger partial charge in [0, 0.05) is 31.4 Å². The van der Waals surface area contributed by atoms with E-state index in [4.69, 9.17) is 16.3 Å². The average Bonchev–Trinajstić information content (AvgIpc) is 2.30. The van der Waals surface area contributed by atoms with Crippen molar-refractivity contribution in [1.82, 2.24) is 4.90 Å². The second-order valence-corrected chi connectivity index (χ2v) is 4.24. The minimum atomic E-state index is -0.174. The van der Waals surface area contributed by atoms with Crippen LogP contribution in [0.1, 0.15) is 5.56 Å². The maximum atomic E-state index is 11.8. The highest BCUT2D eigenvalue weighted by molar-refractivity contribution is 6.31. The predicted molar refractivity (Wildman–Crippen MR) is 69.7 cm³/mol. The number of urea groups is 1. The number of ether oxygens (including phenoxy) is 1. The predicted octanol–water partition coefficient (Wildman–Crippen LogP) is 2.76. The number of methoxy groups -OCH3 is 1. The fourth-order valence-corrected chi connectivity index (χ4v) is 1.44. The zero-order chi connectivity index (χ0) is 12.8. The molecule has 0 atom stereocenters. The Morgan fingerprint density at radius 2 is 2.24 bits per heavy atom. The van der Waals surface area contributed by atoms with Crippen molar-refractivity contribution in [3.63, 3.8) is 0 Å². The lowest BCUT2D eigenvalue weighted by molar-refractivity contribution is 0.165. The Balaban J connectivity index is 2.64. The summed E-state index contributed by atoms with van der Waals surface area (Å²) in [6.07, 6.45) is 0. The number of hydrogen-bond acceptors (Lipinski definition) is 2. The summed E-state index contributed by atoms with van der Waals surface area (Å²) >= 11 is 5.88. The van der Waals surface area contributed by atoms with Crippen molar-refractivity contribution in [2.75, 3.05) is 32.6 Å². The van der Waals surface area contributed by atoms with Crippen LogP contribution in [0.15, 0.2) is 18.2 Å². The molecule has 0 aliphatic carbocycles. The summed E-state index contributed by atoms with van der Waals surface area (Å²) in [6, 6.07) is 5.22. The van der Waals surface area contributed by atoms with E-state index in [1.54, 1.807) is 31.2 Å². The second-order valence-electron chi connectivity index (χ2n) is 3.80. The first-order valence-corrected chi connectivity index (χ1v) is 5.69. The molecule has 0 aliphatic heterocycles. The molecule has 0 fully saturated rings. The van der Waals surface area contributed by atoms with Crippen molar-refractivity contribution in [2.45, 2.75) is 6.92 Å². The molecule has 0 aliphatic rings. The second kappa shape index (κ2) is 6.47. The Hall–Kier alpha value is -1.26. The molecule has 0 unspecified atom stereocenters. The lowest BCUT2D eigenvalue weighted by Gasteiger charge is -2.18. The van der Waals surface area contributed by atoms with E-state index in [1.165, 1.54) is 0 Å². The third-order valence-corrected chi connectivity index (χ3v) is 2.65. The Morgan fingerprint density at radius 1 is 1.53 bits per heavy atom. The lowest BCUT2D eigenvalue weighted by atomic mass is 10.2. The van der Waals surface area contributed by atoms with E-state index in [0.29, 0.717) is 18.2 Å². The summed E-state index contributed by atoms with van der Waals surface area (Å²) in [5.74, 6) is 0. The van der Waals surface area contributed by atoms with Gasteiger partial charge in [0.15, 0.2) is 0 Å². The topological polar surface area (TPSA) is 41.6 Å². The van der Waals surface area contributed by atoms with Gasteiger partial charge in [-0.1, -0.05) is 17.7 Å². The molecular weight excluding hydrogens is 240 g/mol. The average molecular weight is 257 g/mol. The summed E-state index contributed by atoms with van der Waals surface area (Å²) in [7, 11) is 3.32. The Bertz CT molecular complexity index is 396. The molecule has 0 radical (unpaired) electrons. The number of benzene rings is 1. The van der Waals surface area contributed by atoms with Gasteiger partial charge in [0.25, 0.3) is 0 Å². The van der Waals surface area contributed by atoms with Crippen molar-refractivity contribution >= 4 is 23.3 Å². The maximum Gasteiger partial charge on any atom is 0.321 e. The molecule has 0 heterocycles. The fourth-order valence-electron chi connectivity index (χ4n) is 1.27. The summed E-state index contributed by atoms with van der Waals surface area (Å²) < 4.78 is 4.91. The van der Waals surface area contributed by atoms with E-state index >= 15 is 0 Å². The van der Waals surface area contributed by atoms with Crippen LogP contribution in [-0.4, -0.2) is 38.2 Å². The van der Waals surface area contributed by atoms with Crippen LogP contribution in [0.2, 0.25) is 5.02 Å². The molecule has 1 aromatic rings. The minimum Gasteiger partial charge on any atom is -0.383 e. The van der Waals surface area contributed by atoms with Crippen LogP contribution in [0.5, 0.6) is 0 Å². The van der Waals surface area contributed by atoms with Crippen molar-refractivity contribution in [3.8, 4) is 0 Å². The summed E-state index contributed by atoms with van der Waals surface area (Å²) in [5, 5.41) is 3.41. The monoisotopic (exact) mass is 256 g/mol. The minimum absolute atomic E-state index is 0.174. The highest BCUT2D eigenvalue weighted by Gasteiger charge is 2.09. The van der Waals surface area contributed by atoms with E-state index in [0.717, 1.165) is 11.3 Å². The molecule has 0 bridgehead atoms. The quantitative estimate of drug-likeness (QED) is 0.900. The Kier molecular flexibility index (Phi) is 5.25. The van der Waals surface area contributed by atoms with E-state index in [-0.39, 0.29) is 6.03 Å². The van der Waals surface area contributed by atoms with Crippen LogP contribution in [0, 0.1) is 6.92 Å². The first-order chi connectivity index (χ1) is 8.04. The first-order valence-electron chi connectivity index (χ1n) is 5.32. The van der Waals surface area contributed by atoms with E-state index in [1.807, 2.05) is 13.0 Å². The molecule has 1 rings (SSSR count). The normalized spacial score (nSPS) is 10.1. The molecule has 0 saturated heterocycles. The van der Waals surface area contributed by atoms with Crippen molar-refractivity contribution in [2.24, 2.45) is 0 Å². The van der Waals surface area contributed by atoms with Crippen LogP contribution >= 0.6 is 11.6 Å². The van der Waals surface area contributed by atoms with Crippen LogP contribution in [0.4, 0.5) is 10.5 Å². The van der Waals surface area contributed by atoms with Crippen LogP contribution in [0.25, 0.3) is 0 Å². The van der Waals surface area contributed by atoms with Gasteiger partial charge < -0.3 is 15.0 Å². The van der Waals surface area contributed by atoms with Crippen molar-refractivity contribution in [3.05, 3.63) is 28.8 Å². The van der Waals surface area contributed by atoms with Crippen LogP contribution in [-0.2, 0) is 4.74 Å². The van der Waals surface area contributed by atoms with E-state index in [9.17, 15) is 4.79 Å². The molecule has 2 amide bonds. The highest BCUT2D eigenvalue weighted by Crippen LogP contribution is 2.20. The molecule has 17 heavy (non-hydrogen) atoms. The van der Waals surface area contributed by atoms with Gasteiger partial charge in [-0.05, 0) is 24.6 Å². The summed E-state index contributed by atoms with van der Waals surface area (Å²) in [4.78, 5) is 13.4. The molecule has 0 spiro atoms. The van der Waals surface area contributed by atoms with E-state index in [2.05, 4.69) is 5.32 Å². The van der Waals surface area contributed by atoms with Gasteiger partial charge in [-0.2, -0.15) is 0 Å². The van der Waals surface area contributed by atoms with Gasteiger partial charge >= 0.3 is 6.03 Å². The third-order valence-electron chi connectivity index (χ3n) is 2.42. The largest absolute Gasteiger partial charge is 0.383 e. The van der Waals surface area contributed by atoms with Crippen LogP contribution < -0.4 is 5.32 Å². The standard InChI is InChI=1S/C12H17ClN2O2/c1-9-4-5-10(13)8-11(9)14-12(16)15(2)6-7-17-3/h4-5,8H,6-7H2,1-3H3,(H,14,16). The number of nitrogens with zero attached hydrogens (tertiary/aromatic N) is 1. The number of carbonyl (C=O) groups is 1. The maximum absolute atomic E-state index is 11.8. The zero-order valence-electron chi connectivity index (χ0n) is 10.3. The lowest BCUT2D eigenvalue weighted by Crippen LogP contribution is -2.34. The van der Waals surface area contributed by atoms with Crippen molar-refractivity contribution in [1.29, 1.82) is 0 Å². The fraction of sp³-hybridized carbons (Fsp3) is 0.417. The molecule has 0 aromatic heterocycles. The number of halogens is 1.